The molecule has 0 bridgehead atoms. The van der Waals surface area contributed by atoms with Gasteiger partial charge in [0.25, 0.3) is 5.56 Å². The lowest BCUT2D eigenvalue weighted by Crippen LogP contribution is -2.05. The fourth-order valence-electron chi connectivity index (χ4n) is 1.61. The van der Waals surface area contributed by atoms with E-state index in [9.17, 15) is 4.79 Å². The Kier molecular flexibility index (Phi) is 2.72. The molecule has 0 unspecified atom stereocenters. The fraction of sp³-hybridized carbons (Fsp3) is 0.167. The summed E-state index contributed by atoms with van der Waals surface area (Å²) in [5.41, 5.74) is 3.81. The van der Waals surface area contributed by atoms with Crippen molar-refractivity contribution < 1.29 is 0 Å². The second kappa shape index (κ2) is 4.18. The van der Waals surface area contributed by atoms with Crippen LogP contribution in [0.15, 0.2) is 35.1 Å². The van der Waals surface area contributed by atoms with Crippen molar-refractivity contribution in [1.29, 1.82) is 0 Å². The minimum absolute atomic E-state index is 0.188. The van der Waals surface area contributed by atoms with Gasteiger partial charge in [0, 0.05) is 24.4 Å². The molecule has 2 N–H and O–H groups in total. The SMILES string of the molecule is CNc1ccc(-c2ccc(=O)[nH]n2)cc1C. The lowest BCUT2D eigenvalue weighted by atomic mass is 10.1. The number of rotatable bonds is 2. The molecule has 4 nitrogen and oxygen atoms in total. The molecule has 0 spiro atoms. The lowest BCUT2D eigenvalue weighted by Gasteiger charge is -2.07. The van der Waals surface area contributed by atoms with Crippen LogP contribution >= 0.6 is 0 Å². The molecule has 0 radical (unpaired) electrons. The molecule has 1 aromatic heterocycles. The zero-order chi connectivity index (χ0) is 11.5. The van der Waals surface area contributed by atoms with E-state index in [4.69, 9.17) is 0 Å². The topological polar surface area (TPSA) is 57.8 Å². The van der Waals surface area contributed by atoms with Gasteiger partial charge in [0.15, 0.2) is 0 Å². The number of aromatic nitrogens is 2. The van der Waals surface area contributed by atoms with Crippen LogP contribution in [0.3, 0.4) is 0 Å². The van der Waals surface area contributed by atoms with E-state index in [0.29, 0.717) is 0 Å². The van der Waals surface area contributed by atoms with Crippen LogP contribution < -0.4 is 10.9 Å². The Hall–Kier alpha value is -2.10. The standard InChI is InChI=1S/C12H13N3O/c1-8-7-9(3-4-10(8)13-2)11-5-6-12(16)15-14-11/h3-7,13H,1-2H3,(H,15,16). The van der Waals surface area contributed by atoms with E-state index in [2.05, 4.69) is 15.5 Å². The summed E-state index contributed by atoms with van der Waals surface area (Å²) < 4.78 is 0. The van der Waals surface area contributed by atoms with Crippen LogP contribution in [0.1, 0.15) is 5.56 Å². The molecule has 0 aliphatic carbocycles. The summed E-state index contributed by atoms with van der Waals surface area (Å²) in [5.74, 6) is 0. The summed E-state index contributed by atoms with van der Waals surface area (Å²) in [4.78, 5) is 10.9. The van der Waals surface area contributed by atoms with Crippen molar-refractivity contribution in [2.75, 3.05) is 12.4 Å². The molecule has 0 amide bonds. The highest BCUT2D eigenvalue weighted by Crippen LogP contribution is 2.22. The maximum absolute atomic E-state index is 10.9. The van der Waals surface area contributed by atoms with Gasteiger partial charge in [0.05, 0.1) is 5.69 Å². The third-order valence-electron chi connectivity index (χ3n) is 2.47. The summed E-state index contributed by atoms with van der Waals surface area (Å²) in [6.07, 6.45) is 0. The molecule has 4 heteroatoms. The van der Waals surface area contributed by atoms with Gasteiger partial charge in [0.1, 0.15) is 0 Å². The highest BCUT2D eigenvalue weighted by molar-refractivity contribution is 5.65. The molecule has 0 saturated heterocycles. The Morgan fingerprint density at radius 2 is 2.06 bits per heavy atom. The van der Waals surface area contributed by atoms with Gasteiger partial charge < -0.3 is 5.32 Å². The molecule has 16 heavy (non-hydrogen) atoms. The molecule has 1 heterocycles. The predicted molar refractivity (Wildman–Crippen MR) is 64.6 cm³/mol. The van der Waals surface area contributed by atoms with E-state index in [1.54, 1.807) is 6.07 Å². The van der Waals surface area contributed by atoms with Crippen LogP contribution in [0.25, 0.3) is 11.3 Å². The number of benzene rings is 1. The Bertz CT molecular complexity index is 540. The quantitative estimate of drug-likeness (QED) is 0.803. The summed E-state index contributed by atoms with van der Waals surface area (Å²) in [5, 5.41) is 9.52. The average Bonchev–Trinajstić information content (AvgIpc) is 2.30. The number of nitrogens with one attached hydrogen (secondary N) is 2. The number of aryl methyl sites for hydroxylation is 1. The molecule has 0 fully saturated rings. The maximum Gasteiger partial charge on any atom is 0.264 e. The van der Waals surface area contributed by atoms with Crippen molar-refractivity contribution in [3.05, 3.63) is 46.2 Å². The lowest BCUT2D eigenvalue weighted by molar-refractivity contribution is 0.995. The molecule has 0 aliphatic rings. The first kappa shape index (κ1) is 10.4. The zero-order valence-electron chi connectivity index (χ0n) is 9.24. The number of nitrogens with zero attached hydrogens (tertiary/aromatic N) is 1. The van der Waals surface area contributed by atoms with Crippen LogP contribution in [0.2, 0.25) is 0 Å². The Morgan fingerprint density at radius 3 is 2.62 bits per heavy atom. The molecule has 82 valence electrons. The van der Waals surface area contributed by atoms with Crippen LogP contribution in [0.4, 0.5) is 5.69 Å². The molecule has 1 aromatic carbocycles. The zero-order valence-corrected chi connectivity index (χ0v) is 9.24. The molecule has 2 rings (SSSR count). The average molecular weight is 215 g/mol. The summed E-state index contributed by atoms with van der Waals surface area (Å²) >= 11 is 0. The van der Waals surface area contributed by atoms with Gasteiger partial charge in [-0.15, -0.1) is 0 Å². The highest BCUT2D eigenvalue weighted by Gasteiger charge is 2.02. The van der Waals surface area contributed by atoms with E-state index in [0.717, 1.165) is 22.5 Å². The second-order valence-corrected chi connectivity index (χ2v) is 3.59. The fourth-order valence-corrected chi connectivity index (χ4v) is 1.61. The highest BCUT2D eigenvalue weighted by atomic mass is 16.1. The van der Waals surface area contributed by atoms with E-state index in [1.807, 2.05) is 32.2 Å². The number of H-pyrrole nitrogens is 1. The molecular formula is C12H13N3O. The number of hydrogen-bond donors (Lipinski definition) is 2. The van der Waals surface area contributed by atoms with E-state index < -0.39 is 0 Å². The summed E-state index contributed by atoms with van der Waals surface area (Å²) in [6.45, 7) is 2.03. The third-order valence-corrected chi connectivity index (χ3v) is 2.47. The number of hydrogen-bond acceptors (Lipinski definition) is 3. The van der Waals surface area contributed by atoms with Crippen molar-refractivity contribution in [2.45, 2.75) is 6.92 Å². The second-order valence-electron chi connectivity index (χ2n) is 3.59. The van der Waals surface area contributed by atoms with Crippen LogP contribution in [0.5, 0.6) is 0 Å². The smallest absolute Gasteiger partial charge is 0.264 e. The summed E-state index contributed by atoms with van der Waals surface area (Å²) in [6, 6.07) is 9.19. The molecule has 0 atom stereocenters. The van der Waals surface area contributed by atoms with Gasteiger partial charge in [-0.1, -0.05) is 6.07 Å². The minimum atomic E-state index is -0.188. The van der Waals surface area contributed by atoms with Crippen LogP contribution in [-0.2, 0) is 0 Å². The normalized spacial score (nSPS) is 10.1. The third kappa shape index (κ3) is 1.95. The van der Waals surface area contributed by atoms with Gasteiger partial charge >= 0.3 is 0 Å². The molecule has 0 saturated carbocycles. The van der Waals surface area contributed by atoms with E-state index in [-0.39, 0.29) is 5.56 Å². The monoisotopic (exact) mass is 215 g/mol. The molecular weight excluding hydrogens is 202 g/mol. The predicted octanol–water partition coefficient (Wildman–Crippen LogP) is 1.79. The van der Waals surface area contributed by atoms with Crippen LogP contribution in [0, 0.1) is 6.92 Å². The molecule has 2 aromatic rings. The van der Waals surface area contributed by atoms with Gasteiger partial charge in [0.2, 0.25) is 0 Å². The van der Waals surface area contributed by atoms with E-state index in [1.165, 1.54) is 6.07 Å². The van der Waals surface area contributed by atoms with Gasteiger partial charge in [-0.25, -0.2) is 5.10 Å². The van der Waals surface area contributed by atoms with Crippen molar-refractivity contribution >= 4 is 5.69 Å². The van der Waals surface area contributed by atoms with E-state index >= 15 is 0 Å². The first-order valence-corrected chi connectivity index (χ1v) is 5.05. The first-order chi connectivity index (χ1) is 7.70. The minimum Gasteiger partial charge on any atom is -0.388 e. The number of anilines is 1. The maximum atomic E-state index is 10.9. The van der Waals surface area contributed by atoms with Crippen molar-refractivity contribution in [3.63, 3.8) is 0 Å². The molecule has 0 aliphatic heterocycles. The first-order valence-electron chi connectivity index (χ1n) is 5.05. The van der Waals surface area contributed by atoms with Gasteiger partial charge in [-0.3, -0.25) is 4.79 Å². The number of aromatic amines is 1. The van der Waals surface area contributed by atoms with Gasteiger partial charge in [-0.05, 0) is 30.7 Å². The van der Waals surface area contributed by atoms with Crippen molar-refractivity contribution in [2.24, 2.45) is 0 Å². The Labute approximate surface area is 93.3 Å². The Morgan fingerprint density at radius 1 is 1.25 bits per heavy atom. The van der Waals surface area contributed by atoms with Crippen LogP contribution in [-0.4, -0.2) is 17.2 Å². The largest absolute Gasteiger partial charge is 0.388 e. The summed E-state index contributed by atoms with van der Waals surface area (Å²) in [7, 11) is 1.89. The van der Waals surface area contributed by atoms with Gasteiger partial charge in [-0.2, -0.15) is 5.10 Å². The Balaban J connectivity index is 2.45. The van der Waals surface area contributed by atoms with Crippen molar-refractivity contribution in [1.82, 2.24) is 10.2 Å². The van der Waals surface area contributed by atoms with Crippen molar-refractivity contribution in [3.8, 4) is 11.3 Å².